The zero-order valence-corrected chi connectivity index (χ0v) is 10.3. The SMILES string of the molecule is Cc1nc2ccc(N3CCNCC3)nn2c1C. The lowest BCUT2D eigenvalue weighted by Gasteiger charge is -2.28. The molecule has 1 fully saturated rings. The third-order valence-electron chi connectivity index (χ3n) is 3.37. The van der Waals surface area contributed by atoms with Crippen LogP contribution in [0.15, 0.2) is 12.1 Å². The highest BCUT2D eigenvalue weighted by Crippen LogP contribution is 2.15. The summed E-state index contributed by atoms with van der Waals surface area (Å²) < 4.78 is 1.94. The lowest BCUT2D eigenvalue weighted by atomic mass is 10.3. The monoisotopic (exact) mass is 231 g/mol. The third-order valence-corrected chi connectivity index (χ3v) is 3.37. The van der Waals surface area contributed by atoms with Crippen molar-refractivity contribution in [3.05, 3.63) is 23.5 Å². The van der Waals surface area contributed by atoms with E-state index in [1.165, 1.54) is 0 Å². The predicted octanol–water partition coefficient (Wildman–Crippen LogP) is 0.756. The second kappa shape index (κ2) is 4.00. The fourth-order valence-electron chi connectivity index (χ4n) is 2.21. The van der Waals surface area contributed by atoms with E-state index in [4.69, 9.17) is 0 Å². The number of rotatable bonds is 1. The summed E-state index contributed by atoms with van der Waals surface area (Å²) in [7, 11) is 0. The van der Waals surface area contributed by atoms with E-state index in [1.807, 2.05) is 17.5 Å². The first-order valence-electron chi connectivity index (χ1n) is 6.04. The van der Waals surface area contributed by atoms with Crippen molar-refractivity contribution in [2.45, 2.75) is 13.8 Å². The van der Waals surface area contributed by atoms with Gasteiger partial charge in [0.05, 0.1) is 11.4 Å². The third kappa shape index (κ3) is 1.76. The average Bonchev–Trinajstić information content (AvgIpc) is 2.66. The van der Waals surface area contributed by atoms with Crippen LogP contribution in [0.1, 0.15) is 11.4 Å². The minimum Gasteiger partial charge on any atom is -0.353 e. The Labute approximate surface area is 100 Å². The van der Waals surface area contributed by atoms with Gasteiger partial charge in [0.25, 0.3) is 0 Å². The van der Waals surface area contributed by atoms with Crippen molar-refractivity contribution in [3.63, 3.8) is 0 Å². The normalized spacial score (nSPS) is 16.7. The van der Waals surface area contributed by atoms with Gasteiger partial charge >= 0.3 is 0 Å². The van der Waals surface area contributed by atoms with Gasteiger partial charge in [-0.05, 0) is 26.0 Å². The molecule has 1 N–H and O–H groups in total. The van der Waals surface area contributed by atoms with Crippen LogP contribution in [-0.4, -0.2) is 40.8 Å². The molecule has 0 atom stereocenters. The van der Waals surface area contributed by atoms with Crippen LogP contribution in [-0.2, 0) is 0 Å². The van der Waals surface area contributed by atoms with Gasteiger partial charge in [0, 0.05) is 26.2 Å². The fraction of sp³-hybridized carbons (Fsp3) is 0.500. The molecular weight excluding hydrogens is 214 g/mol. The standard InChI is InChI=1S/C12H17N5/c1-9-10(2)17-11(14-9)3-4-12(15-17)16-7-5-13-6-8-16/h3-4,13H,5-8H2,1-2H3. The molecule has 90 valence electrons. The summed E-state index contributed by atoms with van der Waals surface area (Å²) in [5.41, 5.74) is 3.10. The van der Waals surface area contributed by atoms with Crippen LogP contribution in [0.3, 0.4) is 0 Å². The van der Waals surface area contributed by atoms with E-state index < -0.39 is 0 Å². The zero-order chi connectivity index (χ0) is 11.8. The van der Waals surface area contributed by atoms with Gasteiger partial charge in [-0.15, -0.1) is 5.10 Å². The van der Waals surface area contributed by atoms with Crippen molar-refractivity contribution in [2.75, 3.05) is 31.1 Å². The number of anilines is 1. The molecule has 2 aromatic rings. The highest BCUT2D eigenvalue weighted by Gasteiger charge is 2.13. The van der Waals surface area contributed by atoms with Crippen molar-refractivity contribution in [2.24, 2.45) is 0 Å². The maximum absolute atomic E-state index is 4.67. The largest absolute Gasteiger partial charge is 0.353 e. The molecule has 3 heterocycles. The smallest absolute Gasteiger partial charge is 0.154 e. The van der Waals surface area contributed by atoms with Gasteiger partial charge in [0.1, 0.15) is 5.82 Å². The van der Waals surface area contributed by atoms with Gasteiger partial charge in [-0.2, -0.15) is 0 Å². The highest BCUT2D eigenvalue weighted by molar-refractivity contribution is 5.48. The number of aryl methyl sites for hydroxylation is 2. The van der Waals surface area contributed by atoms with Gasteiger partial charge in [-0.25, -0.2) is 9.50 Å². The Morgan fingerprint density at radius 1 is 1.18 bits per heavy atom. The second-order valence-electron chi connectivity index (χ2n) is 4.48. The van der Waals surface area contributed by atoms with Gasteiger partial charge < -0.3 is 10.2 Å². The Balaban J connectivity index is 2.02. The zero-order valence-electron chi connectivity index (χ0n) is 10.3. The van der Waals surface area contributed by atoms with Gasteiger partial charge in [0.15, 0.2) is 5.65 Å². The number of aromatic nitrogens is 3. The van der Waals surface area contributed by atoms with Crippen LogP contribution >= 0.6 is 0 Å². The van der Waals surface area contributed by atoms with Crippen molar-refractivity contribution in [1.82, 2.24) is 19.9 Å². The summed E-state index contributed by atoms with van der Waals surface area (Å²) >= 11 is 0. The minimum atomic E-state index is 0.930. The molecule has 1 aliphatic rings. The fourth-order valence-corrected chi connectivity index (χ4v) is 2.21. The van der Waals surface area contributed by atoms with Crippen molar-refractivity contribution >= 4 is 11.5 Å². The molecule has 3 rings (SSSR count). The first kappa shape index (κ1) is 10.5. The van der Waals surface area contributed by atoms with Crippen LogP contribution in [0.4, 0.5) is 5.82 Å². The first-order valence-corrected chi connectivity index (χ1v) is 6.04. The van der Waals surface area contributed by atoms with Crippen LogP contribution in [0, 0.1) is 13.8 Å². The molecule has 2 aromatic heterocycles. The molecule has 0 amide bonds. The summed E-state index contributed by atoms with van der Waals surface area (Å²) in [6, 6.07) is 4.11. The van der Waals surface area contributed by atoms with E-state index in [9.17, 15) is 0 Å². The van der Waals surface area contributed by atoms with Crippen LogP contribution < -0.4 is 10.2 Å². The number of fused-ring (bicyclic) bond motifs is 1. The number of hydrogen-bond donors (Lipinski definition) is 1. The van der Waals surface area contributed by atoms with Gasteiger partial charge in [-0.3, -0.25) is 0 Å². The molecule has 0 unspecified atom stereocenters. The topological polar surface area (TPSA) is 45.5 Å². The Kier molecular flexibility index (Phi) is 2.48. The molecule has 0 aromatic carbocycles. The van der Waals surface area contributed by atoms with E-state index in [1.54, 1.807) is 0 Å². The molecule has 0 spiro atoms. The van der Waals surface area contributed by atoms with E-state index in [-0.39, 0.29) is 0 Å². The predicted molar refractivity (Wildman–Crippen MR) is 67.5 cm³/mol. The molecule has 5 heteroatoms. The molecule has 0 radical (unpaired) electrons. The van der Waals surface area contributed by atoms with Crippen LogP contribution in [0.5, 0.6) is 0 Å². The summed E-state index contributed by atoms with van der Waals surface area (Å²) in [6.07, 6.45) is 0. The Bertz CT molecular complexity index is 539. The average molecular weight is 231 g/mol. The number of piperazine rings is 1. The second-order valence-corrected chi connectivity index (χ2v) is 4.48. The Morgan fingerprint density at radius 3 is 2.71 bits per heavy atom. The maximum atomic E-state index is 4.67. The van der Waals surface area contributed by atoms with E-state index in [0.717, 1.165) is 49.0 Å². The number of hydrogen-bond acceptors (Lipinski definition) is 4. The highest BCUT2D eigenvalue weighted by atomic mass is 15.3. The quantitative estimate of drug-likeness (QED) is 0.787. The summed E-state index contributed by atoms with van der Waals surface area (Å²) in [4.78, 5) is 6.78. The number of nitrogens with one attached hydrogen (secondary N) is 1. The van der Waals surface area contributed by atoms with E-state index in [0.29, 0.717) is 0 Å². The molecule has 0 aliphatic carbocycles. The molecule has 0 bridgehead atoms. The van der Waals surface area contributed by atoms with E-state index in [2.05, 4.69) is 33.3 Å². The molecule has 0 saturated carbocycles. The Hall–Kier alpha value is -1.62. The van der Waals surface area contributed by atoms with Gasteiger partial charge in [-0.1, -0.05) is 0 Å². The number of imidazole rings is 1. The van der Waals surface area contributed by atoms with Crippen LogP contribution in [0.25, 0.3) is 5.65 Å². The van der Waals surface area contributed by atoms with Gasteiger partial charge in [0.2, 0.25) is 0 Å². The first-order chi connectivity index (χ1) is 8.25. The molecule has 1 aliphatic heterocycles. The van der Waals surface area contributed by atoms with Crippen molar-refractivity contribution < 1.29 is 0 Å². The Morgan fingerprint density at radius 2 is 1.94 bits per heavy atom. The van der Waals surface area contributed by atoms with Crippen molar-refractivity contribution in [3.8, 4) is 0 Å². The maximum Gasteiger partial charge on any atom is 0.154 e. The molecular formula is C12H17N5. The molecule has 17 heavy (non-hydrogen) atoms. The summed E-state index contributed by atoms with van der Waals surface area (Å²) in [6.45, 7) is 8.18. The molecule has 5 nitrogen and oxygen atoms in total. The van der Waals surface area contributed by atoms with E-state index >= 15 is 0 Å². The minimum absolute atomic E-state index is 0.930. The summed E-state index contributed by atoms with van der Waals surface area (Å²) in [5, 5.41) is 8.02. The lowest BCUT2D eigenvalue weighted by Crippen LogP contribution is -2.44. The lowest BCUT2D eigenvalue weighted by molar-refractivity contribution is 0.581. The number of nitrogens with zero attached hydrogens (tertiary/aromatic N) is 4. The van der Waals surface area contributed by atoms with Crippen LogP contribution in [0.2, 0.25) is 0 Å². The van der Waals surface area contributed by atoms with Crippen molar-refractivity contribution in [1.29, 1.82) is 0 Å². The molecule has 1 saturated heterocycles. The summed E-state index contributed by atoms with van der Waals surface area (Å²) in [5.74, 6) is 1.04.